The Labute approximate surface area is 152 Å². The van der Waals surface area contributed by atoms with E-state index in [2.05, 4.69) is 53.4 Å². The first-order valence-electron chi connectivity index (χ1n) is 8.99. The summed E-state index contributed by atoms with van der Waals surface area (Å²) < 4.78 is 3.15. The fourth-order valence-electron chi connectivity index (χ4n) is 4.15. The number of anilines is 1. The maximum absolute atomic E-state index is 13.5. The zero-order chi connectivity index (χ0) is 17.6. The number of ketones is 1. The normalized spacial score (nSPS) is 19.6. The van der Waals surface area contributed by atoms with Gasteiger partial charge in [-0.2, -0.15) is 0 Å². The molecule has 3 aromatic rings. The number of fused-ring (bicyclic) bond motifs is 2. The van der Waals surface area contributed by atoms with Gasteiger partial charge in [-0.05, 0) is 38.0 Å². The first-order valence-corrected chi connectivity index (χ1v) is 9.87. The van der Waals surface area contributed by atoms with E-state index < -0.39 is 0 Å². The Morgan fingerprint density at radius 2 is 2.08 bits per heavy atom. The van der Waals surface area contributed by atoms with Crippen LogP contribution >= 0.6 is 11.3 Å². The van der Waals surface area contributed by atoms with Crippen LogP contribution in [-0.4, -0.2) is 27.9 Å². The minimum absolute atomic E-state index is 0.114. The van der Waals surface area contributed by atoms with Gasteiger partial charge < -0.3 is 9.47 Å². The van der Waals surface area contributed by atoms with Gasteiger partial charge in [-0.25, -0.2) is 4.98 Å². The van der Waals surface area contributed by atoms with Crippen molar-refractivity contribution >= 4 is 33.2 Å². The molecule has 0 saturated carbocycles. The molecule has 1 aliphatic rings. The molecule has 1 aromatic carbocycles. The summed E-state index contributed by atoms with van der Waals surface area (Å²) in [6, 6.07) is 10.6. The minimum atomic E-state index is -0.114. The summed E-state index contributed by atoms with van der Waals surface area (Å²) >= 11 is 1.60. The van der Waals surface area contributed by atoms with E-state index in [9.17, 15) is 4.79 Å². The number of carbonyl (C=O) groups excluding carboxylic acids is 1. The smallest absolute Gasteiger partial charge is 0.188 e. The third-order valence-electron chi connectivity index (χ3n) is 5.26. The van der Waals surface area contributed by atoms with Crippen LogP contribution in [-0.2, 0) is 6.54 Å². The maximum atomic E-state index is 13.5. The highest BCUT2D eigenvalue weighted by Crippen LogP contribution is 2.43. The number of hydrogen-bond acceptors (Lipinski definition) is 4. The van der Waals surface area contributed by atoms with Crippen molar-refractivity contribution < 1.29 is 4.79 Å². The molecule has 2 aromatic heterocycles. The van der Waals surface area contributed by atoms with Gasteiger partial charge >= 0.3 is 0 Å². The van der Waals surface area contributed by atoms with E-state index in [1.54, 1.807) is 11.3 Å². The van der Waals surface area contributed by atoms with Crippen LogP contribution in [0, 0.1) is 0 Å². The molecule has 0 radical (unpaired) electrons. The molecule has 0 saturated heterocycles. The number of aromatic nitrogens is 2. The summed E-state index contributed by atoms with van der Waals surface area (Å²) in [5.41, 5.74) is 5.95. The minimum Gasteiger partial charge on any atom is -0.368 e. The van der Waals surface area contributed by atoms with E-state index in [-0.39, 0.29) is 17.7 Å². The van der Waals surface area contributed by atoms with Gasteiger partial charge in [0.15, 0.2) is 11.4 Å². The van der Waals surface area contributed by atoms with Crippen molar-refractivity contribution in [2.75, 3.05) is 11.4 Å². The predicted octanol–water partition coefficient (Wildman–Crippen LogP) is 4.70. The Bertz CT molecular complexity index is 926. The Hall–Kier alpha value is -2.14. The topological polar surface area (TPSA) is 38.1 Å². The van der Waals surface area contributed by atoms with Crippen LogP contribution in [0.2, 0.25) is 0 Å². The summed E-state index contributed by atoms with van der Waals surface area (Å²) in [5.74, 6) is 0.0997. The molecule has 4 nitrogen and oxygen atoms in total. The molecule has 3 heterocycles. The van der Waals surface area contributed by atoms with Crippen molar-refractivity contribution in [3.05, 3.63) is 47.1 Å². The Kier molecular flexibility index (Phi) is 4.12. The molecule has 0 spiro atoms. The van der Waals surface area contributed by atoms with Crippen LogP contribution in [0.15, 0.2) is 35.8 Å². The van der Waals surface area contributed by atoms with Gasteiger partial charge in [0, 0.05) is 24.8 Å². The zero-order valence-electron chi connectivity index (χ0n) is 14.9. The molecule has 5 heteroatoms. The molecule has 2 atom stereocenters. The predicted molar refractivity (Wildman–Crippen MR) is 104 cm³/mol. The summed E-state index contributed by atoms with van der Waals surface area (Å²) in [6.07, 6.45) is 1.07. The maximum Gasteiger partial charge on any atom is 0.188 e. The van der Waals surface area contributed by atoms with Gasteiger partial charge in [0.25, 0.3) is 0 Å². The van der Waals surface area contributed by atoms with E-state index >= 15 is 0 Å². The summed E-state index contributed by atoms with van der Waals surface area (Å²) in [4.78, 5) is 20.4. The zero-order valence-corrected chi connectivity index (χ0v) is 15.7. The third kappa shape index (κ3) is 2.41. The van der Waals surface area contributed by atoms with Gasteiger partial charge in [-0.1, -0.05) is 25.1 Å². The second kappa shape index (κ2) is 6.30. The van der Waals surface area contributed by atoms with Crippen LogP contribution in [0.1, 0.15) is 49.2 Å². The summed E-state index contributed by atoms with van der Waals surface area (Å²) in [5, 5.41) is 0. The lowest BCUT2D eigenvalue weighted by molar-refractivity contribution is 0.0944. The Balaban J connectivity index is 1.80. The highest BCUT2D eigenvalue weighted by molar-refractivity contribution is 7.16. The van der Waals surface area contributed by atoms with Crippen molar-refractivity contribution in [3.63, 3.8) is 0 Å². The second-order valence-corrected chi connectivity index (χ2v) is 7.54. The van der Waals surface area contributed by atoms with E-state index in [1.807, 2.05) is 17.6 Å². The van der Waals surface area contributed by atoms with E-state index in [4.69, 9.17) is 0 Å². The number of para-hydroxylation sites is 1. The fourth-order valence-corrected chi connectivity index (χ4v) is 4.86. The van der Waals surface area contributed by atoms with Crippen molar-refractivity contribution in [2.24, 2.45) is 0 Å². The molecule has 130 valence electrons. The summed E-state index contributed by atoms with van der Waals surface area (Å²) in [6.45, 7) is 8.18. The number of benzene rings is 1. The number of rotatable bonds is 5. The van der Waals surface area contributed by atoms with Crippen LogP contribution in [0.5, 0.6) is 0 Å². The average molecular weight is 353 g/mol. The molecular formula is C20H23N3OS. The van der Waals surface area contributed by atoms with Gasteiger partial charge in [0.2, 0.25) is 0 Å². The molecular weight excluding hydrogens is 330 g/mol. The van der Waals surface area contributed by atoms with Crippen molar-refractivity contribution in [1.82, 2.24) is 9.55 Å². The largest absolute Gasteiger partial charge is 0.368 e. The lowest BCUT2D eigenvalue weighted by atomic mass is 9.90. The highest BCUT2D eigenvalue weighted by atomic mass is 32.1. The monoisotopic (exact) mass is 353 g/mol. The lowest BCUT2D eigenvalue weighted by Crippen LogP contribution is -2.35. The molecule has 4 rings (SSSR count). The average Bonchev–Trinajstić information content (AvgIpc) is 3.27. The second-order valence-electron chi connectivity index (χ2n) is 6.65. The molecule has 25 heavy (non-hydrogen) atoms. The molecule has 0 bridgehead atoms. The molecule has 1 aliphatic heterocycles. The van der Waals surface area contributed by atoms with Crippen LogP contribution in [0.25, 0.3) is 10.3 Å². The van der Waals surface area contributed by atoms with Gasteiger partial charge in [-0.3, -0.25) is 4.79 Å². The lowest BCUT2D eigenvalue weighted by Gasteiger charge is -2.26. The third-order valence-corrected chi connectivity index (χ3v) is 6.03. The van der Waals surface area contributed by atoms with Crippen LogP contribution < -0.4 is 4.90 Å². The van der Waals surface area contributed by atoms with Gasteiger partial charge in [0.05, 0.1) is 21.8 Å². The number of Topliss-reactive ketones (excluding diaryl/α,β-unsaturated/α-hetero) is 1. The molecule has 0 amide bonds. The van der Waals surface area contributed by atoms with Gasteiger partial charge in [0.1, 0.15) is 0 Å². The molecule has 0 aliphatic carbocycles. The van der Waals surface area contributed by atoms with Crippen molar-refractivity contribution in [2.45, 2.75) is 45.7 Å². The number of nitrogens with zero attached hydrogens (tertiary/aromatic N) is 3. The highest BCUT2D eigenvalue weighted by Gasteiger charge is 2.40. The Morgan fingerprint density at radius 1 is 1.28 bits per heavy atom. The SMILES string of the molecule is CCCN1c2ccccc2C(C(=O)c2cc3scnc3n2CC)C1C. The summed E-state index contributed by atoms with van der Waals surface area (Å²) in [7, 11) is 0. The first-order chi connectivity index (χ1) is 12.2. The van der Waals surface area contributed by atoms with Crippen LogP contribution in [0.3, 0.4) is 0 Å². The molecule has 2 unspecified atom stereocenters. The van der Waals surface area contributed by atoms with Crippen LogP contribution in [0.4, 0.5) is 5.69 Å². The number of carbonyl (C=O) groups is 1. The van der Waals surface area contributed by atoms with Crippen molar-refractivity contribution in [1.29, 1.82) is 0 Å². The van der Waals surface area contributed by atoms with E-state index in [0.29, 0.717) is 0 Å². The standard InChI is InChI=1S/C20H23N3OS/c1-4-10-23-13(3)18(14-8-6-7-9-15(14)23)19(24)16-11-17-20(21-12-25-17)22(16)5-2/h6-9,11-13,18H,4-5,10H2,1-3H3. The van der Waals surface area contributed by atoms with E-state index in [0.717, 1.165) is 41.1 Å². The number of thiazole rings is 1. The quantitative estimate of drug-likeness (QED) is 0.624. The Morgan fingerprint density at radius 3 is 2.84 bits per heavy atom. The molecule has 0 fully saturated rings. The number of hydrogen-bond donors (Lipinski definition) is 0. The van der Waals surface area contributed by atoms with E-state index in [1.165, 1.54) is 5.69 Å². The van der Waals surface area contributed by atoms with Crippen molar-refractivity contribution in [3.8, 4) is 0 Å². The first kappa shape index (κ1) is 16.3. The fraction of sp³-hybridized carbons (Fsp3) is 0.400. The molecule has 0 N–H and O–H groups in total. The van der Waals surface area contributed by atoms with Gasteiger partial charge in [-0.15, -0.1) is 11.3 Å². The number of aryl methyl sites for hydroxylation is 1.